The van der Waals surface area contributed by atoms with Crippen LogP contribution in [-0.2, 0) is 0 Å². The lowest BCUT2D eigenvalue weighted by Crippen LogP contribution is -2.10. The second kappa shape index (κ2) is 4.71. The molecule has 3 N–H and O–H groups in total. The summed E-state index contributed by atoms with van der Waals surface area (Å²) in [6.07, 6.45) is -0.646. The normalized spacial score (nSPS) is 13.0. The van der Waals surface area contributed by atoms with Gasteiger partial charge in [0.1, 0.15) is 11.1 Å². The Bertz CT molecular complexity index is 454. The highest BCUT2D eigenvalue weighted by atomic mass is 79.9. The van der Waals surface area contributed by atoms with Crippen LogP contribution in [0.15, 0.2) is 21.3 Å². The molecule has 0 saturated heterocycles. The van der Waals surface area contributed by atoms with Crippen molar-refractivity contribution in [3.05, 3.63) is 26.3 Å². The van der Waals surface area contributed by atoms with Crippen LogP contribution in [0.2, 0.25) is 0 Å². The molecule has 0 fully saturated rings. The number of nitrogens with zero attached hydrogens (tertiary/aromatic N) is 1. The van der Waals surface area contributed by atoms with E-state index in [9.17, 15) is 5.11 Å². The average Bonchev–Trinajstić information content (AvgIpc) is 2.84. The van der Waals surface area contributed by atoms with Gasteiger partial charge in [-0.3, -0.25) is 0 Å². The van der Waals surface area contributed by atoms with Crippen molar-refractivity contribution >= 4 is 38.6 Å². The van der Waals surface area contributed by atoms with Crippen molar-refractivity contribution in [3.63, 3.8) is 0 Å². The molecule has 0 radical (unpaired) electrons. The van der Waals surface area contributed by atoms with Gasteiger partial charge in [0.2, 0.25) is 0 Å². The summed E-state index contributed by atoms with van der Waals surface area (Å²) < 4.78 is 1.05. The topological polar surface area (TPSA) is 59.1 Å². The molecule has 0 spiro atoms. The zero-order valence-electron chi connectivity index (χ0n) is 7.68. The smallest absolute Gasteiger partial charge is 0.123 e. The average molecular weight is 305 g/mol. The van der Waals surface area contributed by atoms with E-state index in [1.165, 1.54) is 11.3 Å². The van der Waals surface area contributed by atoms with Crippen LogP contribution in [0.1, 0.15) is 11.1 Å². The molecular weight excluding hydrogens is 296 g/mol. The summed E-state index contributed by atoms with van der Waals surface area (Å²) in [5.41, 5.74) is 6.27. The largest absolute Gasteiger partial charge is 0.385 e. The first kappa shape index (κ1) is 11.2. The van der Waals surface area contributed by atoms with Crippen molar-refractivity contribution in [2.24, 2.45) is 5.73 Å². The minimum absolute atomic E-state index is 0.209. The van der Waals surface area contributed by atoms with Crippen LogP contribution in [-0.4, -0.2) is 16.6 Å². The molecule has 0 aromatic carbocycles. The molecule has 0 amide bonds. The summed E-state index contributed by atoms with van der Waals surface area (Å²) in [4.78, 5) is 5.43. The van der Waals surface area contributed by atoms with E-state index in [0.717, 1.165) is 15.0 Å². The molecule has 3 nitrogen and oxygen atoms in total. The molecule has 1 atom stereocenters. The lowest BCUT2D eigenvalue weighted by molar-refractivity contribution is 0.186. The zero-order valence-corrected chi connectivity index (χ0v) is 10.9. The Hall–Kier alpha value is -0.270. The third-order valence-corrected chi connectivity index (χ3v) is 4.51. The van der Waals surface area contributed by atoms with Crippen molar-refractivity contribution in [2.75, 3.05) is 6.54 Å². The summed E-state index contributed by atoms with van der Waals surface area (Å²) in [5.74, 6) is 0. The van der Waals surface area contributed by atoms with E-state index in [1.807, 2.05) is 16.8 Å². The van der Waals surface area contributed by atoms with E-state index in [4.69, 9.17) is 5.73 Å². The SMILES string of the molecule is NCC(O)c1nc(-c2cc(Br)cs2)cs1. The van der Waals surface area contributed by atoms with E-state index in [-0.39, 0.29) is 6.54 Å². The monoisotopic (exact) mass is 304 g/mol. The van der Waals surface area contributed by atoms with Crippen molar-refractivity contribution in [3.8, 4) is 10.6 Å². The van der Waals surface area contributed by atoms with Crippen LogP contribution in [0.25, 0.3) is 10.6 Å². The number of aliphatic hydroxyl groups excluding tert-OH is 1. The molecule has 1 unspecified atom stereocenters. The Labute approximate surface area is 104 Å². The molecule has 0 aliphatic rings. The van der Waals surface area contributed by atoms with E-state index in [1.54, 1.807) is 11.3 Å². The molecule has 2 aromatic rings. The fraction of sp³-hybridized carbons (Fsp3) is 0.222. The number of hydrogen-bond acceptors (Lipinski definition) is 5. The lowest BCUT2D eigenvalue weighted by Gasteiger charge is -2.00. The quantitative estimate of drug-likeness (QED) is 0.916. The summed E-state index contributed by atoms with van der Waals surface area (Å²) in [6, 6.07) is 2.01. The Kier molecular flexibility index (Phi) is 3.53. The van der Waals surface area contributed by atoms with Gasteiger partial charge >= 0.3 is 0 Å². The van der Waals surface area contributed by atoms with Gasteiger partial charge in [-0.1, -0.05) is 0 Å². The van der Waals surface area contributed by atoms with Crippen molar-refractivity contribution < 1.29 is 5.11 Å². The maximum absolute atomic E-state index is 9.51. The standard InChI is InChI=1S/C9H9BrN2OS2/c10-5-1-8(14-3-5)6-4-15-9(12-6)7(13)2-11/h1,3-4,7,13H,2,11H2. The molecule has 15 heavy (non-hydrogen) atoms. The van der Waals surface area contributed by atoms with Crippen LogP contribution in [0, 0.1) is 0 Å². The Morgan fingerprint density at radius 3 is 2.87 bits per heavy atom. The summed E-state index contributed by atoms with van der Waals surface area (Å²) in [7, 11) is 0. The minimum atomic E-state index is -0.646. The van der Waals surface area contributed by atoms with Gasteiger partial charge in [-0.2, -0.15) is 0 Å². The van der Waals surface area contributed by atoms with Crippen LogP contribution in [0.5, 0.6) is 0 Å². The summed E-state index contributed by atoms with van der Waals surface area (Å²) in [5, 5.41) is 14.1. The van der Waals surface area contributed by atoms with Gasteiger partial charge in [-0.25, -0.2) is 4.98 Å². The molecular formula is C9H9BrN2OS2. The third kappa shape index (κ3) is 2.46. The van der Waals surface area contributed by atoms with Gasteiger partial charge in [0.15, 0.2) is 0 Å². The van der Waals surface area contributed by atoms with Crippen molar-refractivity contribution in [1.29, 1.82) is 0 Å². The number of thiophene rings is 1. The Balaban J connectivity index is 2.27. The molecule has 0 bridgehead atoms. The van der Waals surface area contributed by atoms with Gasteiger partial charge in [-0.15, -0.1) is 22.7 Å². The Morgan fingerprint density at radius 2 is 2.27 bits per heavy atom. The highest BCUT2D eigenvalue weighted by molar-refractivity contribution is 9.10. The molecule has 2 rings (SSSR count). The molecule has 0 saturated carbocycles. The fourth-order valence-corrected chi connectivity index (χ4v) is 3.38. The molecule has 2 heterocycles. The van der Waals surface area contributed by atoms with Crippen LogP contribution < -0.4 is 5.73 Å². The molecule has 2 aromatic heterocycles. The van der Waals surface area contributed by atoms with Crippen LogP contribution in [0.4, 0.5) is 0 Å². The van der Waals surface area contributed by atoms with Crippen molar-refractivity contribution in [1.82, 2.24) is 4.98 Å². The van der Waals surface area contributed by atoms with Gasteiger partial charge in [-0.05, 0) is 22.0 Å². The maximum Gasteiger partial charge on any atom is 0.123 e. The number of aliphatic hydroxyl groups is 1. The summed E-state index contributed by atoms with van der Waals surface area (Å²) in [6.45, 7) is 0.209. The lowest BCUT2D eigenvalue weighted by atomic mass is 10.3. The second-order valence-electron chi connectivity index (χ2n) is 2.95. The number of hydrogen-bond donors (Lipinski definition) is 2. The molecule has 0 aliphatic heterocycles. The zero-order chi connectivity index (χ0) is 10.8. The Morgan fingerprint density at radius 1 is 1.47 bits per heavy atom. The predicted octanol–water partition coefficient (Wildman–Crippen LogP) is 2.63. The van der Waals surface area contributed by atoms with Gasteiger partial charge in [0.25, 0.3) is 0 Å². The van der Waals surface area contributed by atoms with E-state index in [0.29, 0.717) is 5.01 Å². The van der Waals surface area contributed by atoms with Gasteiger partial charge in [0.05, 0.1) is 10.6 Å². The maximum atomic E-state index is 9.51. The first-order valence-corrected chi connectivity index (χ1v) is 6.84. The molecule has 80 valence electrons. The second-order valence-corrected chi connectivity index (χ2v) is 5.67. The molecule has 0 aliphatic carbocycles. The first-order valence-electron chi connectivity index (χ1n) is 4.28. The van der Waals surface area contributed by atoms with Crippen molar-refractivity contribution in [2.45, 2.75) is 6.10 Å². The third-order valence-electron chi connectivity index (χ3n) is 1.85. The number of aromatic nitrogens is 1. The highest BCUT2D eigenvalue weighted by Gasteiger charge is 2.12. The molecule has 6 heteroatoms. The van der Waals surface area contributed by atoms with E-state index >= 15 is 0 Å². The van der Waals surface area contributed by atoms with Crippen LogP contribution in [0.3, 0.4) is 0 Å². The number of thiazole rings is 1. The predicted molar refractivity (Wildman–Crippen MR) is 67.1 cm³/mol. The highest BCUT2D eigenvalue weighted by Crippen LogP contribution is 2.31. The van der Waals surface area contributed by atoms with Crippen LogP contribution >= 0.6 is 38.6 Å². The van der Waals surface area contributed by atoms with E-state index < -0.39 is 6.10 Å². The minimum Gasteiger partial charge on any atom is -0.385 e. The van der Waals surface area contributed by atoms with Gasteiger partial charge < -0.3 is 10.8 Å². The number of rotatable bonds is 3. The number of nitrogens with two attached hydrogens (primary N) is 1. The summed E-state index contributed by atoms with van der Waals surface area (Å²) >= 11 is 6.45. The van der Waals surface area contributed by atoms with E-state index in [2.05, 4.69) is 20.9 Å². The number of halogens is 1. The first-order chi connectivity index (χ1) is 7.20. The fourth-order valence-electron chi connectivity index (χ4n) is 1.10. The van der Waals surface area contributed by atoms with Gasteiger partial charge in [0, 0.05) is 21.8 Å².